The number of carbonyl (C=O) groups excluding carboxylic acids is 1. The summed E-state index contributed by atoms with van der Waals surface area (Å²) in [5.41, 5.74) is 2.00. The molecule has 0 bridgehead atoms. The Labute approximate surface area is 132 Å². The van der Waals surface area contributed by atoms with E-state index in [2.05, 4.69) is 33.4 Å². The second-order valence-electron chi connectivity index (χ2n) is 4.27. The molecule has 0 aliphatic rings. The summed E-state index contributed by atoms with van der Waals surface area (Å²) >= 11 is 5.21. The molecule has 2 aromatic carbocycles. The van der Waals surface area contributed by atoms with Crippen LogP contribution >= 0.6 is 27.7 Å². The molecule has 4 heteroatoms. The quantitative estimate of drug-likeness (QED) is 0.795. The van der Waals surface area contributed by atoms with Crippen LogP contribution in [0.4, 0.5) is 0 Å². The molecule has 0 aromatic heterocycles. The van der Waals surface area contributed by atoms with Crippen molar-refractivity contribution in [1.29, 1.82) is 0 Å². The third kappa shape index (κ3) is 4.69. The Bertz CT molecular complexity index is 559. The third-order valence-corrected chi connectivity index (χ3v) is 4.48. The van der Waals surface area contributed by atoms with E-state index in [4.69, 9.17) is 0 Å². The molecule has 0 saturated carbocycles. The van der Waals surface area contributed by atoms with Gasteiger partial charge in [0.25, 0.3) is 5.91 Å². The number of thioether (sulfide) groups is 1. The van der Waals surface area contributed by atoms with Gasteiger partial charge in [0.2, 0.25) is 0 Å². The first-order valence-corrected chi connectivity index (χ1v) is 8.36. The highest BCUT2D eigenvalue weighted by Gasteiger charge is 2.07. The Balaban J connectivity index is 1.69. The van der Waals surface area contributed by atoms with Crippen molar-refractivity contribution >= 4 is 33.6 Å². The number of hydrogen-bond acceptors (Lipinski definition) is 2. The van der Waals surface area contributed by atoms with Crippen LogP contribution < -0.4 is 5.32 Å². The van der Waals surface area contributed by atoms with E-state index >= 15 is 0 Å². The zero-order valence-corrected chi connectivity index (χ0v) is 13.4. The Kier molecular flexibility index (Phi) is 6.15. The monoisotopic (exact) mass is 349 g/mol. The zero-order chi connectivity index (χ0) is 14.2. The van der Waals surface area contributed by atoms with Gasteiger partial charge < -0.3 is 5.32 Å². The average Bonchev–Trinajstić information content (AvgIpc) is 2.48. The van der Waals surface area contributed by atoms with Crippen molar-refractivity contribution in [2.75, 3.05) is 12.3 Å². The van der Waals surface area contributed by atoms with Gasteiger partial charge >= 0.3 is 0 Å². The molecule has 20 heavy (non-hydrogen) atoms. The number of amides is 1. The van der Waals surface area contributed by atoms with E-state index in [0.29, 0.717) is 12.1 Å². The van der Waals surface area contributed by atoms with Crippen LogP contribution in [0.3, 0.4) is 0 Å². The fraction of sp³-hybridized carbons (Fsp3) is 0.188. The molecule has 0 saturated heterocycles. The summed E-state index contributed by atoms with van der Waals surface area (Å²) in [6, 6.07) is 17.8. The number of halogens is 1. The molecule has 2 aromatic rings. The molecule has 2 nitrogen and oxygen atoms in total. The van der Waals surface area contributed by atoms with Crippen molar-refractivity contribution in [1.82, 2.24) is 5.32 Å². The highest BCUT2D eigenvalue weighted by atomic mass is 79.9. The van der Waals surface area contributed by atoms with Gasteiger partial charge in [0.1, 0.15) is 0 Å². The second-order valence-corrected chi connectivity index (χ2v) is 6.23. The molecule has 0 radical (unpaired) electrons. The molecule has 2 rings (SSSR count). The van der Waals surface area contributed by atoms with Crippen LogP contribution in [0.2, 0.25) is 0 Å². The lowest BCUT2D eigenvalue weighted by atomic mass is 10.2. The SMILES string of the molecule is O=C(NCCSCc1ccccc1)c1ccccc1Br. The molecular weight excluding hydrogens is 334 g/mol. The molecule has 0 fully saturated rings. The molecule has 0 aliphatic heterocycles. The maximum atomic E-state index is 11.9. The predicted octanol–water partition coefficient (Wildman–Crippen LogP) is 4.11. The fourth-order valence-corrected chi connectivity index (χ4v) is 3.03. The van der Waals surface area contributed by atoms with Crippen molar-refractivity contribution in [2.24, 2.45) is 0 Å². The highest BCUT2D eigenvalue weighted by Crippen LogP contribution is 2.15. The minimum absolute atomic E-state index is 0.0298. The first-order chi connectivity index (χ1) is 9.77. The van der Waals surface area contributed by atoms with Crippen molar-refractivity contribution < 1.29 is 4.79 Å². The van der Waals surface area contributed by atoms with E-state index < -0.39 is 0 Å². The van der Waals surface area contributed by atoms with Crippen LogP contribution in [0.5, 0.6) is 0 Å². The van der Waals surface area contributed by atoms with Gasteiger partial charge in [-0.3, -0.25) is 4.79 Å². The van der Waals surface area contributed by atoms with Crippen LogP contribution in [-0.4, -0.2) is 18.2 Å². The third-order valence-electron chi connectivity index (χ3n) is 2.76. The molecule has 0 spiro atoms. The smallest absolute Gasteiger partial charge is 0.252 e. The average molecular weight is 350 g/mol. The summed E-state index contributed by atoms with van der Waals surface area (Å²) in [6.45, 7) is 0.678. The lowest BCUT2D eigenvalue weighted by Gasteiger charge is -2.06. The van der Waals surface area contributed by atoms with Gasteiger partial charge in [0, 0.05) is 22.5 Å². The normalized spacial score (nSPS) is 10.2. The summed E-state index contributed by atoms with van der Waals surface area (Å²) in [5.74, 6) is 1.86. The maximum Gasteiger partial charge on any atom is 0.252 e. The van der Waals surface area contributed by atoms with Gasteiger partial charge in [-0.2, -0.15) is 11.8 Å². The second kappa shape index (κ2) is 8.12. The Morgan fingerprint density at radius 3 is 2.50 bits per heavy atom. The van der Waals surface area contributed by atoms with Gasteiger partial charge in [-0.25, -0.2) is 0 Å². The Hall–Kier alpha value is -1.26. The summed E-state index contributed by atoms with van der Waals surface area (Å²) in [7, 11) is 0. The number of rotatable bonds is 6. The molecule has 1 amide bonds. The zero-order valence-electron chi connectivity index (χ0n) is 11.0. The van der Waals surface area contributed by atoms with Crippen molar-refractivity contribution in [3.05, 3.63) is 70.2 Å². The molecule has 0 atom stereocenters. The van der Waals surface area contributed by atoms with Gasteiger partial charge in [-0.05, 0) is 33.6 Å². The number of carbonyl (C=O) groups is 1. The predicted molar refractivity (Wildman–Crippen MR) is 89.1 cm³/mol. The molecule has 0 unspecified atom stereocenters. The standard InChI is InChI=1S/C16H16BrNOS/c17-15-9-5-4-8-14(15)16(19)18-10-11-20-12-13-6-2-1-3-7-13/h1-9H,10-12H2,(H,18,19). The number of hydrogen-bond donors (Lipinski definition) is 1. The van der Waals surface area contributed by atoms with Gasteiger partial charge in [0.05, 0.1) is 5.56 Å². The van der Waals surface area contributed by atoms with Crippen LogP contribution in [0.25, 0.3) is 0 Å². The number of benzene rings is 2. The summed E-state index contributed by atoms with van der Waals surface area (Å²) in [5, 5.41) is 2.94. The van der Waals surface area contributed by atoms with Crippen molar-refractivity contribution in [3.8, 4) is 0 Å². The first-order valence-electron chi connectivity index (χ1n) is 6.42. The lowest BCUT2D eigenvalue weighted by Crippen LogP contribution is -2.26. The molecule has 0 heterocycles. The van der Waals surface area contributed by atoms with Crippen LogP contribution in [0.15, 0.2) is 59.1 Å². The van der Waals surface area contributed by atoms with E-state index in [0.717, 1.165) is 16.0 Å². The summed E-state index contributed by atoms with van der Waals surface area (Å²) in [4.78, 5) is 11.9. The van der Waals surface area contributed by atoms with Crippen LogP contribution in [0, 0.1) is 0 Å². The van der Waals surface area contributed by atoms with E-state index in [1.807, 2.05) is 54.2 Å². The molecule has 104 valence electrons. The molecular formula is C16H16BrNOS. The van der Waals surface area contributed by atoms with Gasteiger partial charge in [-0.1, -0.05) is 42.5 Å². The lowest BCUT2D eigenvalue weighted by molar-refractivity contribution is 0.0955. The first kappa shape index (κ1) is 15.1. The van der Waals surface area contributed by atoms with Crippen molar-refractivity contribution in [2.45, 2.75) is 5.75 Å². The minimum atomic E-state index is -0.0298. The van der Waals surface area contributed by atoms with Crippen molar-refractivity contribution in [3.63, 3.8) is 0 Å². The van der Waals surface area contributed by atoms with E-state index in [1.165, 1.54) is 5.56 Å². The maximum absolute atomic E-state index is 11.9. The van der Waals surface area contributed by atoms with E-state index in [9.17, 15) is 4.79 Å². The largest absolute Gasteiger partial charge is 0.351 e. The highest BCUT2D eigenvalue weighted by molar-refractivity contribution is 9.10. The van der Waals surface area contributed by atoms with E-state index in [1.54, 1.807) is 0 Å². The molecule has 1 N–H and O–H groups in total. The number of nitrogens with one attached hydrogen (secondary N) is 1. The Morgan fingerprint density at radius 1 is 1.05 bits per heavy atom. The van der Waals surface area contributed by atoms with Crippen LogP contribution in [0.1, 0.15) is 15.9 Å². The van der Waals surface area contributed by atoms with E-state index in [-0.39, 0.29) is 5.91 Å². The van der Waals surface area contributed by atoms with Gasteiger partial charge in [0.15, 0.2) is 0 Å². The topological polar surface area (TPSA) is 29.1 Å². The van der Waals surface area contributed by atoms with Gasteiger partial charge in [-0.15, -0.1) is 0 Å². The minimum Gasteiger partial charge on any atom is -0.351 e. The summed E-state index contributed by atoms with van der Waals surface area (Å²) < 4.78 is 0.828. The Morgan fingerprint density at radius 2 is 1.75 bits per heavy atom. The summed E-state index contributed by atoms with van der Waals surface area (Å²) in [6.07, 6.45) is 0. The fourth-order valence-electron chi connectivity index (χ4n) is 1.74. The molecule has 0 aliphatic carbocycles. The van der Waals surface area contributed by atoms with Crippen LogP contribution in [-0.2, 0) is 5.75 Å².